The van der Waals surface area contributed by atoms with Crippen molar-refractivity contribution in [2.24, 2.45) is 7.05 Å². The van der Waals surface area contributed by atoms with Crippen LogP contribution < -0.4 is 5.32 Å². The fraction of sp³-hybridized carbons (Fsp3) is 0.643. The predicted octanol–water partition coefficient (Wildman–Crippen LogP) is 0.475. The molecule has 2 aliphatic rings. The Bertz CT molecular complexity index is 585. The first-order valence-corrected chi connectivity index (χ1v) is 7.62. The summed E-state index contributed by atoms with van der Waals surface area (Å²) in [5.74, 6) is -0.172. The van der Waals surface area contributed by atoms with E-state index in [-0.39, 0.29) is 24.1 Å². The number of amides is 1. The van der Waals surface area contributed by atoms with Gasteiger partial charge in [-0.1, -0.05) is 0 Å². The summed E-state index contributed by atoms with van der Waals surface area (Å²) in [5, 5.41) is 14.2. The summed E-state index contributed by atoms with van der Waals surface area (Å²) in [6.07, 6.45) is 0.970. The van der Waals surface area contributed by atoms with Gasteiger partial charge in [-0.15, -0.1) is 12.4 Å². The van der Waals surface area contributed by atoms with Crippen molar-refractivity contribution in [3.05, 3.63) is 27.9 Å². The van der Waals surface area contributed by atoms with Crippen LogP contribution in [-0.4, -0.2) is 70.5 Å². The van der Waals surface area contributed by atoms with E-state index in [2.05, 4.69) is 10.2 Å². The first-order valence-electron chi connectivity index (χ1n) is 7.62. The van der Waals surface area contributed by atoms with Gasteiger partial charge in [0.25, 0.3) is 5.91 Å². The molecule has 2 aliphatic heterocycles. The van der Waals surface area contributed by atoms with Gasteiger partial charge in [-0.05, 0) is 17.4 Å². The lowest BCUT2D eigenvalue weighted by atomic mass is 10.2. The Hall–Kier alpha value is -1.64. The van der Waals surface area contributed by atoms with Crippen LogP contribution in [0.5, 0.6) is 0 Å². The van der Waals surface area contributed by atoms with Crippen LogP contribution in [0.2, 0.25) is 0 Å². The number of rotatable bonds is 3. The fourth-order valence-corrected chi connectivity index (χ4v) is 3.33. The van der Waals surface area contributed by atoms with Crippen LogP contribution in [0, 0.1) is 10.1 Å². The summed E-state index contributed by atoms with van der Waals surface area (Å²) < 4.78 is 1.36. The molecule has 1 aromatic rings. The van der Waals surface area contributed by atoms with Crippen molar-refractivity contribution in [1.29, 1.82) is 0 Å². The zero-order chi connectivity index (χ0) is 15.7. The third-order valence-corrected chi connectivity index (χ3v) is 4.62. The Morgan fingerprint density at radius 3 is 2.61 bits per heavy atom. The second-order valence-electron chi connectivity index (χ2n) is 5.87. The molecule has 0 radical (unpaired) electrons. The minimum Gasteiger partial charge on any atom is -0.358 e. The Kier molecular flexibility index (Phi) is 5.61. The van der Waals surface area contributed by atoms with Gasteiger partial charge in [-0.3, -0.25) is 9.69 Å². The maximum absolute atomic E-state index is 12.6. The van der Waals surface area contributed by atoms with E-state index >= 15 is 0 Å². The standard InChI is InChI=1S/C14H21N5O3.ClH/c1-16-12(2-3-13(16)19(21)22)14(20)18-7-4-11(10-18)17-8-5-15-6-9-17;/h2-3,11,15H,4-10H2,1H3;1H. The number of halogens is 1. The maximum atomic E-state index is 12.6. The van der Waals surface area contributed by atoms with Crippen molar-refractivity contribution < 1.29 is 9.72 Å². The SMILES string of the molecule is Cl.Cn1c(C(=O)N2CCC(N3CCNCC3)C2)ccc1[N+](=O)[O-]. The summed E-state index contributed by atoms with van der Waals surface area (Å²) >= 11 is 0. The highest BCUT2D eigenvalue weighted by molar-refractivity contribution is 5.93. The van der Waals surface area contributed by atoms with E-state index < -0.39 is 4.92 Å². The molecule has 0 aromatic carbocycles. The summed E-state index contributed by atoms with van der Waals surface area (Å²) in [4.78, 5) is 27.2. The molecule has 1 atom stereocenters. The lowest BCUT2D eigenvalue weighted by Gasteiger charge is -2.32. The van der Waals surface area contributed by atoms with Gasteiger partial charge in [0.2, 0.25) is 0 Å². The molecule has 1 amide bonds. The molecule has 1 aromatic heterocycles. The van der Waals surface area contributed by atoms with Crippen molar-refractivity contribution >= 4 is 24.1 Å². The number of hydrogen-bond donors (Lipinski definition) is 1. The molecule has 0 bridgehead atoms. The molecule has 1 unspecified atom stereocenters. The molecular formula is C14H22ClN5O3. The first kappa shape index (κ1) is 17.7. The second-order valence-corrected chi connectivity index (χ2v) is 5.87. The highest BCUT2D eigenvalue weighted by Crippen LogP contribution is 2.21. The summed E-state index contributed by atoms with van der Waals surface area (Å²) in [6.45, 7) is 5.44. The van der Waals surface area contributed by atoms with Gasteiger partial charge in [-0.2, -0.15) is 0 Å². The quantitative estimate of drug-likeness (QED) is 0.637. The van der Waals surface area contributed by atoms with Gasteiger partial charge in [0, 0.05) is 51.4 Å². The van der Waals surface area contributed by atoms with Crippen molar-refractivity contribution in [3.63, 3.8) is 0 Å². The minimum absolute atomic E-state index is 0. The Labute approximate surface area is 141 Å². The lowest BCUT2D eigenvalue weighted by molar-refractivity contribution is -0.391. The van der Waals surface area contributed by atoms with Crippen LogP contribution in [0.15, 0.2) is 12.1 Å². The molecule has 128 valence electrons. The topological polar surface area (TPSA) is 83.7 Å². The molecule has 9 heteroatoms. The van der Waals surface area contributed by atoms with E-state index in [1.165, 1.54) is 10.6 Å². The molecule has 0 saturated carbocycles. The summed E-state index contributed by atoms with van der Waals surface area (Å²) in [6, 6.07) is 3.33. The third-order valence-electron chi connectivity index (χ3n) is 4.62. The molecule has 23 heavy (non-hydrogen) atoms. The van der Waals surface area contributed by atoms with Gasteiger partial charge < -0.3 is 20.3 Å². The zero-order valence-corrected chi connectivity index (χ0v) is 13.9. The van der Waals surface area contributed by atoms with Gasteiger partial charge in [0.15, 0.2) is 5.69 Å². The molecule has 2 saturated heterocycles. The average Bonchev–Trinajstić information content (AvgIpc) is 3.14. The van der Waals surface area contributed by atoms with E-state index in [1.54, 1.807) is 13.1 Å². The number of piperazine rings is 1. The molecular weight excluding hydrogens is 322 g/mol. The molecule has 0 aliphatic carbocycles. The Morgan fingerprint density at radius 2 is 2.00 bits per heavy atom. The zero-order valence-electron chi connectivity index (χ0n) is 13.1. The van der Waals surface area contributed by atoms with Crippen molar-refractivity contribution in [1.82, 2.24) is 19.7 Å². The van der Waals surface area contributed by atoms with Gasteiger partial charge in [0.05, 0.1) is 7.05 Å². The number of nitrogens with one attached hydrogen (secondary N) is 1. The van der Waals surface area contributed by atoms with E-state index in [0.717, 1.165) is 32.6 Å². The highest BCUT2D eigenvalue weighted by Gasteiger charge is 2.33. The van der Waals surface area contributed by atoms with E-state index in [0.29, 0.717) is 24.8 Å². The summed E-state index contributed by atoms with van der Waals surface area (Å²) in [5.41, 5.74) is 0.382. The van der Waals surface area contributed by atoms with Gasteiger partial charge in [0.1, 0.15) is 0 Å². The normalized spacial score (nSPS) is 22.0. The molecule has 2 fully saturated rings. The van der Waals surface area contributed by atoms with Gasteiger partial charge >= 0.3 is 5.82 Å². The predicted molar refractivity (Wildman–Crippen MR) is 88.1 cm³/mol. The third kappa shape index (κ3) is 3.49. The van der Waals surface area contributed by atoms with E-state index in [4.69, 9.17) is 0 Å². The average molecular weight is 344 g/mol. The van der Waals surface area contributed by atoms with Crippen molar-refractivity contribution in [2.75, 3.05) is 39.3 Å². The molecule has 0 spiro atoms. The number of carbonyl (C=O) groups is 1. The number of aromatic nitrogens is 1. The van der Waals surface area contributed by atoms with Crippen LogP contribution in [0.3, 0.4) is 0 Å². The van der Waals surface area contributed by atoms with Crippen LogP contribution >= 0.6 is 12.4 Å². The maximum Gasteiger partial charge on any atom is 0.323 e. The smallest absolute Gasteiger partial charge is 0.323 e. The minimum atomic E-state index is -0.468. The number of carbonyl (C=O) groups excluding carboxylic acids is 1. The second kappa shape index (κ2) is 7.29. The van der Waals surface area contributed by atoms with Gasteiger partial charge in [-0.25, -0.2) is 4.57 Å². The highest BCUT2D eigenvalue weighted by atomic mass is 35.5. The molecule has 1 N–H and O–H groups in total. The fourth-order valence-electron chi connectivity index (χ4n) is 3.33. The number of hydrogen-bond acceptors (Lipinski definition) is 5. The Balaban J connectivity index is 0.00000192. The lowest BCUT2D eigenvalue weighted by Crippen LogP contribution is -2.49. The largest absolute Gasteiger partial charge is 0.358 e. The molecule has 3 rings (SSSR count). The monoisotopic (exact) mass is 343 g/mol. The van der Waals surface area contributed by atoms with E-state index in [1.807, 2.05) is 4.90 Å². The van der Waals surface area contributed by atoms with Crippen LogP contribution in [-0.2, 0) is 7.05 Å². The van der Waals surface area contributed by atoms with Crippen molar-refractivity contribution in [2.45, 2.75) is 12.5 Å². The van der Waals surface area contributed by atoms with Crippen molar-refractivity contribution in [3.8, 4) is 0 Å². The van der Waals surface area contributed by atoms with Crippen LogP contribution in [0.25, 0.3) is 0 Å². The Morgan fingerprint density at radius 1 is 1.30 bits per heavy atom. The summed E-state index contributed by atoms with van der Waals surface area (Å²) in [7, 11) is 1.56. The van der Waals surface area contributed by atoms with Crippen LogP contribution in [0.4, 0.5) is 5.82 Å². The van der Waals surface area contributed by atoms with Crippen LogP contribution in [0.1, 0.15) is 16.9 Å². The number of nitro groups is 1. The molecule has 3 heterocycles. The van der Waals surface area contributed by atoms with E-state index in [9.17, 15) is 14.9 Å². The first-order chi connectivity index (χ1) is 10.6. The number of likely N-dealkylation sites (tertiary alicyclic amines) is 1. The number of nitrogens with zero attached hydrogens (tertiary/aromatic N) is 4. The molecule has 8 nitrogen and oxygen atoms in total.